The van der Waals surface area contributed by atoms with E-state index in [1.54, 1.807) is 0 Å². The van der Waals surface area contributed by atoms with E-state index in [-0.39, 0.29) is 12.0 Å². The third kappa shape index (κ3) is 6.39. The summed E-state index contributed by atoms with van der Waals surface area (Å²) in [5, 5.41) is 12.6. The quantitative estimate of drug-likeness (QED) is 0.646. The van der Waals surface area contributed by atoms with Gasteiger partial charge in [0.1, 0.15) is 0 Å². The summed E-state index contributed by atoms with van der Waals surface area (Å²) in [5.41, 5.74) is 0.284. The molecule has 0 atom stereocenters. The van der Waals surface area contributed by atoms with E-state index in [0.717, 1.165) is 32.2 Å². The molecule has 0 aliphatic heterocycles. The highest BCUT2D eigenvalue weighted by atomic mass is 16.3. The SMILES string of the molecule is CC(C)CNCC(C)(C)CN(CCO)C1CC1. The van der Waals surface area contributed by atoms with Crippen molar-refractivity contribution >= 4 is 0 Å². The van der Waals surface area contributed by atoms with Crippen LogP contribution in [0, 0.1) is 11.3 Å². The first kappa shape index (κ1) is 14.9. The molecule has 102 valence electrons. The third-order valence-electron chi connectivity index (χ3n) is 3.24. The summed E-state index contributed by atoms with van der Waals surface area (Å²) < 4.78 is 0. The highest BCUT2D eigenvalue weighted by Gasteiger charge is 2.32. The molecule has 0 aromatic heterocycles. The molecule has 17 heavy (non-hydrogen) atoms. The summed E-state index contributed by atoms with van der Waals surface area (Å²) in [6.45, 7) is 13.4. The highest BCUT2D eigenvalue weighted by Crippen LogP contribution is 2.29. The van der Waals surface area contributed by atoms with Crippen molar-refractivity contribution in [3.05, 3.63) is 0 Å². The van der Waals surface area contributed by atoms with Crippen molar-refractivity contribution in [3.63, 3.8) is 0 Å². The molecule has 0 heterocycles. The minimum Gasteiger partial charge on any atom is -0.395 e. The Labute approximate surface area is 107 Å². The topological polar surface area (TPSA) is 35.5 Å². The van der Waals surface area contributed by atoms with Crippen LogP contribution in [0.2, 0.25) is 0 Å². The van der Waals surface area contributed by atoms with Crippen LogP contribution in [-0.4, -0.2) is 48.8 Å². The van der Waals surface area contributed by atoms with Crippen LogP contribution in [-0.2, 0) is 0 Å². The largest absolute Gasteiger partial charge is 0.395 e. The minimum absolute atomic E-state index is 0.284. The molecule has 1 fully saturated rings. The standard InChI is InChI=1S/C14H30N2O/c1-12(2)9-15-10-14(3,4)11-16(7-8-17)13-5-6-13/h12-13,15,17H,5-11H2,1-4H3. The van der Waals surface area contributed by atoms with Gasteiger partial charge in [-0.25, -0.2) is 0 Å². The van der Waals surface area contributed by atoms with Crippen molar-refractivity contribution in [2.24, 2.45) is 11.3 Å². The lowest BCUT2D eigenvalue weighted by molar-refractivity contribution is 0.135. The average Bonchev–Trinajstić information content (AvgIpc) is 2.98. The number of nitrogens with zero attached hydrogens (tertiary/aromatic N) is 1. The molecule has 0 amide bonds. The number of aliphatic hydroxyl groups excluding tert-OH is 1. The lowest BCUT2D eigenvalue weighted by atomic mass is 9.92. The van der Waals surface area contributed by atoms with E-state index in [9.17, 15) is 0 Å². The van der Waals surface area contributed by atoms with Gasteiger partial charge in [-0.3, -0.25) is 4.90 Å². The predicted octanol–water partition coefficient (Wildman–Crippen LogP) is 1.71. The van der Waals surface area contributed by atoms with Gasteiger partial charge in [0.2, 0.25) is 0 Å². The molecule has 1 aliphatic rings. The zero-order chi connectivity index (χ0) is 12.9. The molecule has 2 N–H and O–H groups in total. The van der Waals surface area contributed by atoms with E-state index >= 15 is 0 Å². The Morgan fingerprint density at radius 3 is 2.47 bits per heavy atom. The molecule has 0 bridgehead atoms. The second kappa shape index (κ2) is 6.72. The Morgan fingerprint density at radius 2 is 2.00 bits per heavy atom. The molecular formula is C14H30N2O. The van der Waals surface area contributed by atoms with Gasteiger partial charge in [-0.1, -0.05) is 27.7 Å². The van der Waals surface area contributed by atoms with Crippen LogP contribution in [0.5, 0.6) is 0 Å². The summed E-state index contributed by atoms with van der Waals surface area (Å²) in [6, 6.07) is 0.742. The molecule has 0 aromatic rings. The normalized spacial score (nSPS) is 17.1. The molecular weight excluding hydrogens is 212 g/mol. The van der Waals surface area contributed by atoms with Gasteiger partial charge in [-0.15, -0.1) is 0 Å². The Hall–Kier alpha value is -0.120. The molecule has 1 rings (SSSR count). The summed E-state index contributed by atoms with van der Waals surface area (Å²) in [5.74, 6) is 0.711. The number of hydrogen-bond donors (Lipinski definition) is 2. The Bertz CT molecular complexity index is 212. The van der Waals surface area contributed by atoms with Crippen molar-refractivity contribution in [2.75, 3.05) is 32.8 Å². The van der Waals surface area contributed by atoms with Crippen molar-refractivity contribution in [1.82, 2.24) is 10.2 Å². The Morgan fingerprint density at radius 1 is 1.35 bits per heavy atom. The fourth-order valence-corrected chi connectivity index (χ4v) is 2.26. The van der Waals surface area contributed by atoms with Crippen LogP contribution < -0.4 is 5.32 Å². The van der Waals surface area contributed by atoms with Crippen molar-refractivity contribution in [1.29, 1.82) is 0 Å². The summed E-state index contributed by atoms with van der Waals surface area (Å²) in [6.07, 6.45) is 2.63. The zero-order valence-corrected chi connectivity index (χ0v) is 12.0. The van der Waals surface area contributed by atoms with E-state index in [0.29, 0.717) is 5.92 Å². The van der Waals surface area contributed by atoms with Crippen LogP contribution in [0.3, 0.4) is 0 Å². The van der Waals surface area contributed by atoms with Crippen LogP contribution in [0.1, 0.15) is 40.5 Å². The van der Waals surface area contributed by atoms with Crippen LogP contribution in [0.25, 0.3) is 0 Å². The first-order valence-electron chi connectivity index (χ1n) is 7.00. The third-order valence-corrected chi connectivity index (χ3v) is 3.24. The van der Waals surface area contributed by atoms with Crippen molar-refractivity contribution in [2.45, 2.75) is 46.6 Å². The first-order valence-corrected chi connectivity index (χ1v) is 7.00. The maximum absolute atomic E-state index is 9.10. The number of nitrogens with one attached hydrogen (secondary N) is 1. The van der Waals surface area contributed by atoms with Crippen LogP contribution in [0.15, 0.2) is 0 Å². The van der Waals surface area contributed by atoms with Crippen LogP contribution in [0.4, 0.5) is 0 Å². The summed E-state index contributed by atoms with van der Waals surface area (Å²) in [7, 11) is 0. The van der Waals surface area contributed by atoms with Gasteiger partial charge in [0.15, 0.2) is 0 Å². The van der Waals surface area contributed by atoms with Crippen molar-refractivity contribution < 1.29 is 5.11 Å². The maximum Gasteiger partial charge on any atom is 0.0558 e. The molecule has 0 unspecified atom stereocenters. The predicted molar refractivity (Wildman–Crippen MR) is 73.2 cm³/mol. The Kier molecular flexibility index (Phi) is 5.90. The molecule has 3 heteroatoms. The molecule has 0 aromatic carbocycles. The number of hydrogen-bond acceptors (Lipinski definition) is 3. The van der Waals surface area contributed by atoms with E-state index in [1.165, 1.54) is 12.8 Å². The smallest absolute Gasteiger partial charge is 0.0558 e. The number of rotatable bonds is 9. The first-order chi connectivity index (χ1) is 7.94. The fourth-order valence-electron chi connectivity index (χ4n) is 2.26. The van der Waals surface area contributed by atoms with Gasteiger partial charge in [0, 0.05) is 25.7 Å². The second-order valence-electron chi connectivity index (χ2n) is 6.61. The minimum atomic E-state index is 0.284. The van der Waals surface area contributed by atoms with Gasteiger partial charge in [0.25, 0.3) is 0 Å². The van der Waals surface area contributed by atoms with Crippen molar-refractivity contribution in [3.8, 4) is 0 Å². The zero-order valence-electron chi connectivity index (χ0n) is 12.0. The molecule has 0 spiro atoms. The van der Waals surface area contributed by atoms with Gasteiger partial charge in [-0.05, 0) is 30.7 Å². The van der Waals surface area contributed by atoms with Gasteiger partial charge >= 0.3 is 0 Å². The highest BCUT2D eigenvalue weighted by molar-refractivity contribution is 4.88. The van der Waals surface area contributed by atoms with Gasteiger partial charge in [-0.2, -0.15) is 0 Å². The monoisotopic (exact) mass is 242 g/mol. The van der Waals surface area contributed by atoms with Gasteiger partial charge < -0.3 is 10.4 Å². The maximum atomic E-state index is 9.10. The van der Waals surface area contributed by atoms with E-state index < -0.39 is 0 Å². The van der Waals surface area contributed by atoms with E-state index in [2.05, 4.69) is 37.9 Å². The Balaban J connectivity index is 2.29. The molecule has 1 saturated carbocycles. The molecule has 3 nitrogen and oxygen atoms in total. The number of aliphatic hydroxyl groups is 1. The second-order valence-corrected chi connectivity index (χ2v) is 6.61. The van der Waals surface area contributed by atoms with E-state index in [4.69, 9.17) is 5.11 Å². The molecule has 0 saturated heterocycles. The average molecular weight is 242 g/mol. The fraction of sp³-hybridized carbons (Fsp3) is 1.00. The summed E-state index contributed by atoms with van der Waals surface area (Å²) >= 11 is 0. The van der Waals surface area contributed by atoms with Gasteiger partial charge in [0.05, 0.1) is 6.61 Å². The molecule has 0 radical (unpaired) electrons. The lowest BCUT2D eigenvalue weighted by Crippen LogP contribution is -2.43. The summed E-state index contributed by atoms with van der Waals surface area (Å²) in [4.78, 5) is 2.46. The van der Waals surface area contributed by atoms with Crippen LogP contribution >= 0.6 is 0 Å². The van der Waals surface area contributed by atoms with E-state index in [1.807, 2.05) is 0 Å². The lowest BCUT2D eigenvalue weighted by Gasteiger charge is -2.33. The molecule has 1 aliphatic carbocycles.